The van der Waals surface area contributed by atoms with Gasteiger partial charge in [0.25, 0.3) is 0 Å². The van der Waals surface area contributed by atoms with Crippen molar-refractivity contribution in [3.05, 3.63) is 0 Å². The zero-order valence-electron chi connectivity index (χ0n) is 10.3. The number of nitrogens with two attached hydrogens (primary N) is 1. The average molecular weight is 231 g/mol. The predicted octanol–water partition coefficient (Wildman–Crippen LogP) is 1.33. The Hall–Kier alpha value is -0.160. The van der Waals surface area contributed by atoms with Crippen LogP contribution in [0.2, 0.25) is 0 Å². The van der Waals surface area contributed by atoms with E-state index in [9.17, 15) is 0 Å². The minimum Gasteiger partial charge on any atom is -0.382 e. The molecular weight excluding hydrogens is 206 g/mol. The summed E-state index contributed by atoms with van der Waals surface area (Å²) in [6.45, 7) is 2.85. The fraction of sp³-hybridized carbons (Fsp3) is 1.00. The maximum absolute atomic E-state index is 5.93. The predicted molar refractivity (Wildman–Crippen MR) is 63.5 cm³/mol. The SMILES string of the molecule is COCCOCC(N)CCCC1CCCO1. The molecule has 4 nitrogen and oxygen atoms in total. The van der Waals surface area contributed by atoms with Crippen LogP contribution in [0.15, 0.2) is 0 Å². The highest BCUT2D eigenvalue weighted by Gasteiger charge is 2.15. The van der Waals surface area contributed by atoms with Crippen LogP contribution in [0.25, 0.3) is 0 Å². The van der Waals surface area contributed by atoms with E-state index in [0.29, 0.717) is 25.9 Å². The quantitative estimate of drug-likeness (QED) is 0.608. The van der Waals surface area contributed by atoms with Gasteiger partial charge >= 0.3 is 0 Å². The number of hydrogen-bond acceptors (Lipinski definition) is 4. The molecule has 0 aromatic rings. The van der Waals surface area contributed by atoms with Crippen molar-refractivity contribution in [2.24, 2.45) is 5.73 Å². The van der Waals surface area contributed by atoms with E-state index in [4.69, 9.17) is 19.9 Å². The molecule has 0 bridgehead atoms. The van der Waals surface area contributed by atoms with Crippen LogP contribution in [-0.4, -0.2) is 45.7 Å². The first-order valence-corrected chi connectivity index (χ1v) is 6.26. The van der Waals surface area contributed by atoms with Crippen molar-refractivity contribution in [3.63, 3.8) is 0 Å². The van der Waals surface area contributed by atoms with Crippen molar-refractivity contribution in [2.75, 3.05) is 33.5 Å². The summed E-state index contributed by atoms with van der Waals surface area (Å²) in [6, 6.07) is 0.151. The summed E-state index contributed by atoms with van der Waals surface area (Å²) < 4.78 is 15.8. The summed E-state index contributed by atoms with van der Waals surface area (Å²) in [7, 11) is 1.67. The van der Waals surface area contributed by atoms with Crippen LogP contribution < -0.4 is 5.73 Å². The van der Waals surface area contributed by atoms with Gasteiger partial charge in [0.1, 0.15) is 0 Å². The standard InChI is InChI=1S/C12H25NO3/c1-14-8-9-15-10-11(13)4-2-5-12-6-3-7-16-12/h11-12H,2-10,13H2,1H3. The fourth-order valence-electron chi connectivity index (χ4n) is 1.94. The zero-order chi connectivity index (χ0) is 11.6. The molecule has 0 saturated carbocycles. The summed E-state index contributed by atoms with van der Waals surface area (Å²) in [5.41, 5.74) is 5.93. The van der Waals surface area contributed by atoms with Crippen LogP contribution in [0.5, 0.6) is 0 Å². The van der Waals surface area contributed by atoms with E-state index in [1.54, 1.807) is 7.11 Å². The number of hydrogen-bond donors (Lipinski definition) is 1. The number of methoxy groups -OCH3 is 1. The Kier molecular flexibility index (Phi) is 7.76. The fourth-order valence-corrected chi connectivity index (χ4v) is 1.94. The van der Waals surface area contributed by atoms with Crippen LogP contribution >= 0.6 is 0 Å². The first kappa shape index (κ1) is 13.9. The smallest absolute Gasteiger partial charge is 0.0701 e. The molecule has 0 aliphatic carbocycles. The van der Waals surface area contributed by atoms with Crippen molar-refractivity contribution in [3.8, 4) is 0 Å². The van der Waals surface area contributed by atoms with Gasteiger partial charge in [-0.15, -0.1) is 0 Å². The van der Waals surface area contributed by atoms with E-state index in [-0.39, 0.29) is 6.04 Å². The summed E-state index contributed by atoms with van der Waals surface area (Å²) in [5, 5.41) is 0. The van der Waals surface area contributed by atoms with Crippen molar-refractivity contribution in [2.45, 2.75) is 44.2 Å². The van der Waals surface area contributed by atoms with Gasteiger partial charge in [-0.3, -0.25) is 0 Å². The summed E-state index contributed by atoms with van der Waals surface area (Å²) in [5.74, 6) is 0. The lowest BCUT2D eigenvalue weighted by Gasteiger charge is -2.13. The van der Waals surface area contributed by atoms with E-state index >= 15 is 0 Å². The van der Waals surface area contributed by atoms with Crippen LogP contribution in [0.1, 0.15) is 32.1 Å². The number of rotatable bonds is 9. The molecule has 1 heterocycles. The molecule has 0 aromatic heterocycles. The van der Waals surface area contributed by atoms with E-state index in [1.165, 1.54) is 12.8 Å². The first-order valence-electron chi connectivity index (χ1n) is 6.26. The largest absolute Gasteiger partial charge is 0.382 e. The molecule has 1 rings (SSSR count). The Labute approximate surface area is 98.4 Å². The third kappa shape index (κ3) is 6.43. The van der Waals surface area contributed by atoms with E-state index in [1.807, 2.05) is 0 Å². The van der Waals surface area contributed by atoms with Gasteiger partial charge < -0.3 is 19.9 Å². The third-order valence-electron chi connectivity index (χ3n) is 2.89. The molecule has 1 aliphatic rings. The van der Waals surface area contributed by atoms with Gasteiger partial charge in [0, 0.05) is 19.8 Å². The molecule has 0 aromatic carbocycles. The summed E-state index contributed by atoms with van der Waals surface area (Å²) in [4.78, 5) is 0. The Bertz CT molecular complexity index is 160. The summed E-state index contributed by atoms with van der Waals surface area (Å²) >= 11 is 0. The van der Waals surface area contributed by atoms with Crippen molar-refractivity contribution in [1.82, 2.24) is 0 Å². The second-order valence-electron chi connectivity index (χ2n) is 4.39. The summed E-state index contributed by atoms with van der Waals surface area (Å²) in [6.07, 6.45) is 6.23. The van der Waals surface area contributed by atoms with Crippen molar-refractivity contribution in [1.29, 1.82) is 0 Å². The molecular formula is C12H25NO3. The highest BCUT2D eigenvalue weighted by Crippen LogP contribution is 2.17. The molecule has 1 aliphatic heterocycles. The van der Waals surface area contributed by atoms with Crippen LogP contribution in [0.3, 0.4) is 0 Å². The molecule has 2 atom stereocenters. The lowest BCUT2D eigenvalue weighted by atomic mass is 10.1. The molecule has 0 amide bonds. The highest BCUT2D eigenvalue weighted by molar-refractivity contribution is 4.67. The van der Waals surface area contributed by atoms with Gasteiger partial charge in [0.2, 0.25) is 0 Å². The van der Waals surface area contributed by atoms with Crippen LogP contribution in [0, 0.1) is 0 Å². The maximum atomic E-state index is 5.93. The molecule has 2 unspecified atom stereocenters. The lowest BCUT2D eigenvalue weighted by molar-refractivity contribution is 0.0609. The van der Waals surface area contributed by atoms with Gasteiger partial charge in [-0.1, -0.05) is 0 Å². The zero-order valence-corrected chi connectivity index (χ0v) is 10.3. The van der Waals surface area contributed by atoms with Gasteiger partial charge in [0.15, 0.2) is 0 Å². The molecule has 0 radical (unpaired) electrons. The van der Waals surface area contributed by atoms with E-state index < -0.39 is 0 Å². The van der Waals surface area contributed by atoms with Crippen molar-refractivity contribution >= 4 is 0 Å². The van der Waals surface area contributed by atoms with E-state index in [2.05, 4.69) is 0 Å². The minimum atomic E-state index is 0.151. The molecule has 1 saturated heterocycles. The maximum Gasteiger partial charge on any atom is 0.0701 e. The monoisotopic (exact) mass is 231 g/mol. The normalized spacial score (nSPS) is 22.5. The first-order chi connectivity index (χ1) is 7.83. The average Bonchev–Trinajstić information content (AvgIpc) is 2.77. The molecule has 2 N–H and O–H groups in total. The number of ether oxygens (including phenoxy) is 3. The molecule has 4 heteroatoms. The molecule has 0 spiro atoms. The highest BCUT2D eigenvalue weighted by atomic mass is 16.5. The van der Waals surface area contributed by atoms with Crippen molar-refractivity contribution < 1.29 is 14.2 Å². The van der Waals surface area contributed by atoms with E-state index in [0.717, 1.165) is 25.9 Å². The van der Waals surface area contributed by atoms with Gasteiger partial charge in [-0.25, -0.2) is 0 Å². The Morgan fingerprint density at radius 2 is 2.31 bits per heavy atom. The molecule has 96 valence electrons. The topological polar surface area (TPSA) is 53.7 Å². The Balaban J connectivity index is 1.87. The molecule has 1 fully saturated rings. The van der Waals surface area contributed by atoms with Crippen LogP contribution in [0.4, 0.5) is 0 Å². The Morgan fingerprint density at radius 3 is 3.00 bits per heavy atom. The second-order valence-corrected chi connectivity index (χ2v) is 4.39. The van der Waals surface area contributed by atoms with Gasteiger partial charge in [-0.05, 0) is 32.1 Å². The minimum absolute atomic E-state index is 0.151. The second kappa shape index (κ2) is 8.93. The lowest BCUT2D eigenvalue weighted by Crippen LogP contribution is -2.27. The van der Waals surface area contributed by atoms with Crippen LogP contribution in [-0.2, 0) is 14.2 Å². The third-order valence-corrected chi connectivity index (χ3v) is 2.89. The molecule has 16 heavy (non-hydrogen) atoms. The Morgan fingerprint density at radius 1 is 1.44 bits per heavy atom. The van der Waals surface area contributed by atoms with Gasteiger partial charge in [-0.2, -0.15) is 0 Å². The van der Waals surface area contributed by atoms with Gasteiger partial charge in [0.05, 0.1) is 25.9 Å².